The van der Waals surface area contributed by atoms with E-state index >= 15 is 0 Å². The summed E-state index contributed by atoms with van der Waals surface area (Å²) >= 11 is 2.74. The summed E-state index contributed by atoms with van der Waals surface area (Å²) in [7, 11) is 0. The first-order valence-electron chi connectivity index (χ1n) is 8.45. The van der Waals surface area contributed by atoms with Crippen molar-refractivity contribution in [3.8, 4) is 11.5 Å². The molecule has 0 aromatic carbocycles. The van der Waals surface area contributed by atoms with Gasteiger partial charge in [-0.15, -0.1) is 0 Å². The average molecular weight is 418 g/mol. The first kappa shape index (κ1) is 20.7. The van der Waals surface area contributed by atoms with Crippen LogP contribution in [0, 0.1) is 6.92 Å². The Balaban J connectivity index is 1.98. The van der Waals surface area contributed by atoms with Crippen LogP contribution in [0.3, 0.4) is 0 Å². The average Bonchev–Trinajstić information content (AvgIpc) is 3.17. The van der Waals surface area contributed by atoms with Crippen LogP contribution in [0.25, 0.3) is 0 Å². The molecule has 0 bridgehead atoms. The quantitative estimate of drug-likeness (QED) is 0.410. The van der Waals surface area contributed by atoms with E-state index in [2.05, 4.69) is 19.9 Å². The Morgan fingerprint density at radius 2 is 2.21 bits per heavy atom. The minimum atomic E-state index is -0.987. The van der Waals surface area contributed by atoms with Gasteiger partial charge >= 0.3 is 170 Å². The molecular formula is C17H19BN4O4S2. The molecule has 146 valence electrons. The molecule has 3 aromatic heterocycles. The molecule has 0 aliphatic carbocycles. The van der Waals surface area contributed by atoms with Gasteiger partial charge in [0.1, 0.15) is 0 Å². The Morgan fingerprint density at radius 3 is 2.96 bits per heavy atom. The van der Waals surface area contributed by atoms with E-state index in [-0.39, 0.29) is 13.2 Å². The van der Waals surface area contributed by atoms with Crippen LogP contribution >= 0.6 is 22.9 Å². The monoisotopic (exact) mass is 418 g/mol. The number of hydrogen-bond acceptors (Lipinski definition) is 9. The van der Waals surface area contributed by atoms with Crippen LogP contribution in [-0.2, 0) is 0 Å². The molecule has 0 amide bonds. The third-order valence-electron chi connectivity index (χ3n) is 3.63. The number of aromatic amines is 1. The van der Waals surface area contributed by atoms with Crippen LogP contribution < -0.4 is 9.54 Å². The maximum atomic E-state index is 9.72. The topological polar surface area (TPSA) is 124 Å². The van der Waals surface area contributed by atoms with Crippen LogP contribution in [0.5, 0.6) is 11.5 Å². The van der Waals surface area contributed by atoms with Crippen molar-refractivity contribution < 1.29 is 20.1 Å². The van der Waals surface area contributed by atoms with E-state index in [0.29, 0.717) is 33.5 Å². The van der Waals surface area contributed by atoms with Gasteiger partial charge in [0.05, 0.1) is 0 Å². The number of rotatable bonds is 8. The van der Waals surface area contributed by atoms with Gasteiger partial charge in [-0.25, -0.2) is 0 Å². The normalized spacial score (nSPS) is 12.8. The molecule has 0 aliphatic rings. The van der Waals surface area contributed by atoms with Crippen molar-refractivity contribution in [2.75, 3.05) is 19.0 Å². The summed E-state index contributed by atoms with van der Waals surface area (Å²) in [5, 5.41) is 27.8. The van der Waals surface area contributed by atoms with Crippen molar-refractivity contribution in [3.05, 3.63) is 46.7 Å². The second-order valence-corrected chi connectivity index (χ2v) is 7.71. The number of aromatic nitrogens is 3. The molecule has 3 heterocycles. The van der Waals surface area contributed by atoms with Crippen molar-refractivity contribution in [3.63, 3.8) is 0 Å². The SMILES string of the molecule is Cc1ncccc1Oc1cc(SCCO)cnc1/N=c1/[nH]c(C(O)CO)bs1. The van der Waals surface area contributed by atoms with Gasteiger partial charge in [0.2, 0.25) is 0 Å². The summed E-state index contributed by atoms with van der Waals surface area (Å²) in [5.74, 6) is 1.95. The number of aryl methyl sites for hydroxylation is 1. The van der Waals surface area contributed by atoms with Gasteiger partial charge in [-0.3, -0.25) is 0 Å². The van der Waals surface area contributed by atoms with Gasteiger partial charge in [-0.2, -0.15) is 0 Å². The Kier molecular flexibility index (Phi) is 7.34. The number of aliphatic hydroxyl groups excluding tert-OH is 3. The van der Waals surface area contributed by atoms with E-state index in [0.717, 1.165) is 10.6 Å². The second-order valence-electron chi connectivity index (χ2n) is 5.69. The van der Waals surface area contributed by atoms with Gasteiger partial charge in [0.25, 0.3) is 0 Å². The molecule has 3 rings (SSSR count). The minimum absolute atomic E-state index is 0.0643. The Hall–Kier alpha value is -2.05. The summed E-state index contributed by atoms with van der Waals surface area (Å²) in [6, 6.07) is 5.41. The molecule has 0 saturated heterocycles. The van der Waals surface area contributed by atoms with Gasteiger partial charge in [-0.05, 0) is 0 Å². The second kappa shape index (κ2) is 9.94. The van der Waals surface area contributed by atoms with Crippen LogP contribution in [0.4, 0.5) is 5.82 Å². The zero-order valence-corrected chi connectivity index (χ0v) is 16.7. The van der Waals surface area contributed by atoms with Crippen molar-refractivity contribution in [2.24, 2.45) is 4.99 Å². The molecule has 0 spiro atoms. The molecule has 11 heteroatoms. The molecular weight excluding hydrogens is 399 g/mol. The third-order valence-corrected chi connectivity index (χ3v) is 5.37. The Morgan fingerprint density at radius 1 is 1.36 bits per heavy atom. The molecule has 1 atom stereocenters. The summed E-state index contributed by atoms with van der Waals surface area (Å²) in [6.45, 7) is 1.53. The van der Waals surface area contributed by atoms with Crippen molar-refractivity contribution in [1.29, 1.82) is 0 Å². The van der Waals surface area contributed by atoms with Gasteiger partial charge in [-0.1, -0.05) is 0 Å². The predicted molar refractivity (Wildman–Crippen MR) is 108 cm³/mol. The van der Waals surface area contributed by atoms with Gasteiger partial charge < -0.3 is 0 Å². The zero-order valence-electron chi connectivity index (χ0n) is 15.1. The molecule has 0 aliphatic heterocycles. The Bertz CT molecular complexity index is 995. The van der Waals surface area contributed by atoms with Gasteiger partial charge in [0, 0.05) is 0 Å². The van der Waals surface area contributed by atoms with Crippen molar-refractivity contribution in [1.82, 2.24) is 15.0 Å². The third kappa shape index (κ3) is 5.27. The van der Waals surface area contributed by atoms with E-state index in [9.17, 15) is 5.11 Å². The Labute approximate surface area is 170 Å². The standard InChI is InChI=1S/C17H19BN4O4S2/c1-10-13(3-2-4-19-10)26-14-7-11(27-6-5-23)8-20-16(14)22-17-21-15(18-28-17)12(25)9-24/h2-4,7-8,12,23-25H,5-6,9H2,1H3,(H,20,21,22). The van der Waals surface area contributed by atoms with E-state index in [1.165, 1.54) is 22.9 Å². The van der Waals surface area contributed by atoms with Gasteiger partial charge in [0.15, 0.2) is 0 Å². The van der Waals surface area contributed by atoms with E-state index in [1.54, 1.807) is 24.6 Å². The fourth-order valence-corrected chi connectivity index (χ4v) is 3.64. The summed E-state index contributed by atoms with van der Waals surface area (Å²) in [6.07, 6.45) is 4.06. The van der Waals surface area contributed by atoms with Crippen molar-refractivity contribution >= 4 is 34.9 Å². The number of nitrogens with zero attached hydrogens (tertiary/aromatic N) is 3. The van der Waals surface area contributed by atoms with Crippen LogP contribution in [0.2, 0.25) is 0 Å². The van der Waals surface area contributed by atoms with E-state index in [1.807, 2.05) is 19.1 Å². The molecule has 8 nitrogen and oxygen atoms in total. The number of nitrogens with one attached hydrogen (secondary N) is 1. The number of hydrogen-bond donors (Lipinski definition) is 4. The number of thioether (sulfide) groups is 1. The fraction of sp³-hybridized carbons (Fsp3) is 0.294. The number of ether oxygens (including phenoxy) is 1. The predicted octanol–water partition coefficient (Wildman–Crippen LogP) is 1.65. The van der Waals surface area contributed by atoms with Crippen LogP contribution in [0.1, 0.15) is 17.4 Å². The molecule has 1 unspecified atom stereocenters. The summed E-state index contributed by atoms with van der Waals surface area (Å²) < 4.78 is 6.02. The summed E-state index contributed by atoms with van der Waals surface area (Å²) in [5.41, 5.74) is 1.21. The maximum absolute atomic E-state index is 9.72. The first-order chi connectivity index (χ1) is 13.6. The first-order valence-corrected chi connectivity index (χ1v) is 10.3. The molecule has 0 fully saturated rings. The summed E-state index contributed by atoms with van der Waals surface area (Å²) in [4.78, 5) is 17.4. The number of H-pyrrole nitrogens is 1. The van der Waals surface area contributed by atoms with Crippen molar-refractivity contribution in [2.45, 2.75) is 17.9 Å². The van der Waals surface area contributed by atoms with E-state index < -0.39 is 6.10 Å². The van der Waals surface area contributed by atoms with Crippen LogP contribution in [-0.4, -0.2) is 55.4 Å². The molecule has 3 aromatic rings. The molecule has 28 heavy (non-hydrogen) atoms. The van der Waals surface area contributed by atoms with E-state index in [4.69, 9.17) is 14.9 Å². The molecule has 0 saturated carbocycles. The van der Waals surface area contributed by atoms with Crippen LogP contribution in [0.15, 0.2) is 40.5 Å². The fourth-order valence-electron chi connectivity index (χ4n) is 2.23. The molecule has 0 radical (unpaired) electrons. The number of pyridine rings is 2. The molecule has 4 N–H and O–H groups in total. The number of aliphatic hydroxyl groups is 3. The zero-order chi connectivity index (χ0) is 19.9.